The Morgan fingerprint density at radius 1 is 1.50 bits per heavy atom. The fourth-order valence-electron chi connectivity index (χ4n) is 2.43. The number of nitrogens with zero attached hydrogens (tertiary/aromatic N) is 1. The van der Waals surface area contributed by atoms with Crippen molar-refractivity contribution in [3.63, 3.8) is 0 Å². The van der Waals surface area contributed by atoms with Crippen molar-refractivity contribution in [1.29, 1.82) is 0 Å². The lowest BCUT2D eigenvalue weighted by atomic mass is 10.1. The molecule has 0 saturated carbocycles. The van der Waals surface area contributed by atoms with Gasteiger partial charge in [-0.3, -0.25) is 4.79 Å². The van der Waals surface area contributed by atoms with Gasteiger partial charge in [-0.15, -0.1) is 0 Å². The van der Waals surface area contributed by atoms with Gasteiger partial charge in [-0.25, -0.2) is 4.79 Å². The van der Waals surface area contributed by atoms with Crippen LogP contribution in [0.1, 0.15) is 25.3 Å². The first-order chi connectivity index (χ1) is 9.65. The standard InChI is InChI=1S/C14H21N3O2S/c1-11(18)16-13-3-2-7-17(9-13)14(19)15-6-4-12-5-8-20-10-12/h5,8,10,13H,2-4,6-7,9H2,1H3,(H,15,19)(H,16,18)/t13-/m0/s1. The van der Waals surface area contributed by atoms with Gasteiger partial charge in [0.05, 0.1) is 0 Å². The summed E-state index contributed by atoms with van der Waals surface area (Å²) in [4.78, 5) is 24.9. The predicted molar refractivity (Wildman–Crippen MR) is 79.8 cm³/mol. The van der Waals surface area contributed by atoms with Gasteiger partial charge in [0.1, 0.15) is 0 Å². The van der Waals surface area contributed by atoms with Crippen LogP contribution in [0.4, 0.5) is 4.79 Å². The van der Waals surface area contributed by atoms with Crippen LogP contribution in [0.5, 0.6) is 0 Å². The lowest BCUT2D eigenvalue weighted by molar-refractivity contribution is -0.119. The number of nitrogens with one attached hydrogen (secondary N) is 2. The second-order valence-corrected chi connectivity index (χ2v) is 5.88. The maximum atomic E-state index is 12.1. The summed E-state index contributed by atoms with van der Waals surface area (Å²) >= 11 is 1.67. The van der Waals surface area contributed by atoms with Crippen LogP contribution in [0.3, 0.4) is 0 Å². The first kappa shape index (κ1) is 14.8. The van der Waals surface area contributed by atoms with E-state index in [4.69, 9.17) is 0 Å². The van der Waals surface area contributed by atoms with E-state index < -0.39 is 0 Å². The molecule has 2 heterocycles. The van der Waals surface area contributed by atoms with E-state index >= 15 is 0 Å². The molecule has 5 nitrogen and oxygen atoms in total. The zero-order chi connectivity index (χ0) is 14.4. The van der Waals surface area contributed by atoms with Gasteiger partial charge in [0.25, 0.3) is 0 Å². The van der Waals surface area contributed by atoms with Gasteiger partial charge in [0.2, 0.25) is 5.91 Å². The Morgan fingerprint density at radius 2 is 2.35 bits per heavy atom. The zero-order valence-electron chi connectivity index (χ0n) is 11.7. The van der Waals surface area contributed by atoms with E-state index in [-0.39, 0.29) is 18.0 Å². The Bertz CT molecular complexity index is 447. The lowest BCUT2D eigenvalue weighted by Crippen LogP contribution is -2.52. The average molecular weight is 295 g/mol. The van der Waals surface area contributed by atoms with Gasteiger partial charge < -0.3 is 15.5 Å². The number of carbonyl (C=O) groups is 2. The van der Waals surface area contributed by atoms with Crippen molar-refractivity contribution in [2.45, 2.75) is 32.2 Å². The van der Waals surface area contributed by atoms with E-state index in [0.29, 0.717) is 13.1 Å². The third-order valence-electron chi connectivity index (χ3n) is 3.39. The third kappa shape index (κ3) is 4.52. The smallest absolute Gasteiger partial charge is 0.317 e. The topological polar surface area (TPSA) is 61.4 Å². The number of hydrogen-bond acceptors (Lipinski definition) is 3. The van der Waals surface area contributed by atoms with E-state index in [2.05, 4.69) is 22.1 Å². The van der Waals surface area contributed by atoms with Gasteiger partial charge in [-0.1, -0.05) is 0 Å². The molecule has 0 aliphatic carbocycles. The summed E-state index contributed by atoms with van der Waals surface area (Å²) in [5.41, 5.74) is 1.25. The van der Waals surface area contributed by atoms with Crippen LogP contribution in [-0.2, 0) is 11.2 Å². The van der Waals surface area contributed by atoms with Crippen LogP contribution in [0.25, 0.3) is 0 Å². The molecular formula is C14H21N3O2S. The normalized spacial score (nSPS) is 18.6. The number of amides is 3. The van der Waals surface area contributed by atoms with Crippen LogP contribution in [-0.4, -0.2) is 42.5 Å². The Balaban J connectivity index is 1.72. The van der Waals surface area contributed by atoms with E-state index in [1.54, 1.807) is 16.2 Å². The monoisotopic (exact) mass is 295 g/mol. The zero-order valence-corrected chi connectivity index (χ0v) is 12.5. The van der Waals surface area contributed by atoms with E-state index in [9.17, 15) is 9.59 Å². The molecule has 6 heteroatoms. The van der Waals surface area contributed by atoms with Crippen LogP contribution >= 0.6 is 11.3 Å². The molecule has 1 saturated heterocycles. The van der Waals surface area contributed by atoms with E-state index in [0.717, 1.165) is 25.8 Å². The Hall–Kier alpha value is -1.56. The number of piperidine rings is 1. The van der Waals surface area contributed by atoms with Crippen molar-refractivity contribution in [2.75, 3.05) is 19.6 Å². The minimum atomic E-state index is -0.0327. The Labute approximate surface area is 123 Å². The number of urea groups is 1. The summed E-state index contributed by atoms with van der Waals surface area (Å²) in [6.07, 6.45) is 2.74. The molecule has 1 atom stereocenters. The van der Waals surface area contributed by atoms with Gasteiger partial charge in [-0.2, -0.15) is 11.3 Å². The molecule has 0 bridgehead atoms. The number of hydrogen-bond donors (Lipinski definition) is 2. The van der Waals surface area contributed by atoms with Crippen molar-refractivity contribution < 1.29 is 9.59 Å². The van der Waals surface area contributed by atoms with Crippen molar-refractivity contribution in [3.8, 4) is 0 Å². The lowest BCUT2D eigenvalue weighted by Gasteiger charge is -2.33. The van der Waals surface area contributed by atoms with Crippen LogP contribution < -0.4 is 10.6 Å². The highest BCUT2D eigenvalue weighted by atomic mass is 32.1. The maximum absolute atomic E-state index is 12.1. The molecule has 20 heavy (non-hydrogen) atoms. The van der Waals surface area contributed by atoms with E-state index in [1.165, 1.54) is 12.5 Å². The first-order valence-electron chi connectivity index (χ1n) is 6.96. The number of likely N-dealkylation sites (tertiary alicyclic amines) is 1. The number of thiophene rings is 1. The molecule has 2 rings (SSSR count). The molecule has 0 spiro atoms. The SMILES string of the molecule is CC(=O)N[C@H]1CCCN(C(=O)NCCc2ccsc2)C1. The first-order valence-corrected chi connectivity index (χ1v) is 7.90. The molecular weight excluding hydrogens is 274 g/mol. The molecule has 110 valence electrons. The highest BCUT2D eigenvalue weighted by molar-refractivity contribution is 7.07. The molecule has 1 aliphatic heterocycles. The predicted octanol–water partition coefficient (Wildman–Crippen LogP) is 1.60. The van der Waals surface area contributed by atoms with Crippen LogP contribution in [0.15, 0.2) is 16.8 Å². The molecule has 1 aromatic heterocycles. The molecule has 0 aromatic carbocycles. The highest BCUT2D eigenvalue weighted by Crippen LogP contribution is 2.10. The van der Waals surface area contributed by atoms with Crippen LogP contribution in [0, 0.1) is 0 Å². The third-order valence-corrected chi connectivity index (χ3v) is 4.12. The minimum absolute atomic E-state index is 0.0321. The van der Waals surface area contributed by atoms with Crippen LogP contribution in [0.2, 0.25) is 0 Å². The van der Waals surface area contributed by atoms with Gasteiger partial charge in [0.15, 0.2) is 0 Å². The fourth-order valence-corrected chi connectivity index (χ4v) is 3.13. The maximum Gasteiger partial charge on any atom is 0.317 e. The molecule has 0 unspecified atom stereocenters. The van der Waals surface area contributed by atoms with Gasteiger partial charge >= 0.3 is 6.03 Å². The molecule has 3 amide bonds. The van der Waals surface area contributed by atoms with Crippen molar-refractivity contribution >= 4 is 23.3 Å². The number of carbonyl (C=O) groups excluding carboxylic acids is 2. The largest absolute Gasteiger partial charge is 0.352 e. The molecule has 1 fully saturated rings. The average Bonchev–Trinajstić information content (AvgIpc) is 2.91. The van der Waals surface area contributed by atoms with Gasteiger partial charge in [0, 0.05) is 32.6 Å². The molecule has 2 N–H and O–H groups in total. The summed E-state index contributed by atoms with van der Waals surface area (Å²) < 4.78 is 0. The number of rotatable bonds is 4. The molecule has 1 aliphatic rings. The summed E-state index contributed by atoms with van der Waals surface area (Å²) in [5.74, 6) is -0.0327. The summed E-state index contributed by atoms with van der Waals surface area (Å²) in [5, 5.41) is 9.97. The highest BCUT2D eigenvalue weighted by Gasteiger charge is 2.23. The van der Waals surface area contributed by atoms with Crippen molar-refractivity contribution in [3.05, 3.63) is 22.4 Å². The fraction of sp³-hybridized carbons (Fsp3) is 0.571. The van der Waals surface area contributed by atoms with Crippen molar-refractivity contribution in [2.24, 2.45) is 0 Å². The van der Waals surface area contributed by atoms with Gasteiger partial charge in [-0.05, 0) is 41.7 Å². The minimum Gasteiger partial charge on any atom is -0.352 e. The molecule has 1 aromatic rings. The van der Waals surface area contributed by atoms with Crippen molar-refractivity contribution in [1.82, 2.24) is 15.5 Å². The Kier molecular flexibility index (Phi) is 5.40. The summed E-state index contributed by atoms with van der Waals surface area (Å²) in [6, 6.07) is 2.13. The molecule has 0 radical (unpaired) electrons. The Morgan fingerprint density at radius 3 is 3.05 bits per heavy atom. The quantitative estimate of drug-likeness (QED) is 0.886. The summed E-state index contributed by atoms with van der Waals surface area (Å²) in [7, 11) is 0. The van der Waals surface area contributed by atoms with E-state index in [1.807, 2.05) is 5.38 Å². The second kappa shape index (κ2) is 7.28. The summed E-state index contributed by atoms with van der Waals surface area (Å²) in [6.45, 7) is 3.53. The second-order valence-electron chi connectivity index (χ2n) is 5.10.